The maximum Gasteiger partial charge on any atom is 0.306 e. The topological polar surface area (TPSA) is 78.9 Å². The molecule has 1 atom stereocenters. The van der Waals surface area contributed by atoms with Crippen molar-refractivity contribution in [2.24, 2.45) is 0 Å². The van der Waals surface area contributed by atoms with E-state index in [1.165, 1.54) is 96.3 Å². The quantitative estimate of drug-likeness (QED) is 0.0261. The minimum absolute atomic E-state index is 0.0948. The van der Waals surface area contributed by atoms with Crippen molar-refractivity contribution in [3.63, 3.8) is 0 Å². The molecule has 0 rings (SSSR count). The van der Waals surface area contributed by atoms with Crippen LogP contribution < -0.4 is 0 Å². The molecule has 420 valence electrons. The van der Waals surface area contributed by atoms with Crippen LogP contribution in [0.5, 0.6) is 0 Å². The molecule has 0 spiro atoms. The zero-order valence-electron chi connectivity index (χ0n) is 48.1. The van der Waals surface area contributed by atoms with Crippen LogP contribution in [-0.2, 0) is 28.6 Å². The van der Waals surface area contributed by atoms with Gasteiger partial charge in [-0.25, -0.2) is 0 Å². The number of ether oxygens (including phenoxy) is 3. The van der Waals surface area contributed by atoms with E-state index in [1.54, 1.807) is 0 Å². The van der Waals surface area contributed by atoms with E-state index in [1.807, 2.05) is 0 Å². The van der Waals surface area contributed by atoms with E-state index in [2.05, 4.69) is 142 Å². The smallest absolute Gasteiger partial charge is 0.306 e. The second-order valence-electron chi connectivity index (χ2n) is 19.8. The summed E-state index contributed by atoms with van der Waals surface area (Å²) in [6.07, 6.45) is 84.9. The Morgan fingerprint density at radius 3 is 0.851 bits per heavy atom. The molecule has 0 aromatic heterocycles. The average Bonchev–Trinajstić information content (AvgIpc) is 3.40. The highest BCUT2D eigenvalue weighted by Gasteiger charge is 2.19. The maximum absolute atomic E-state index is 12.8. The molecule has 0 fully saturated rings. The highest BCUT2D eigenvalue weighted by atomic mass is 16.6. The van der Waals surface area contributed by atoms with Crippen LogP contribution in [0, 0.1) is 0 Å². The summed E-state index contributed by atoms with van der Waals surface area (Å²) in [6, 6.07) is 0. The average molecular weight is 1030 g/mol. The molecule has 0 N–H and O–H groups in total. The van der Waals surface area contributed by atoms with Crippen LogP contribution in [0.1, 0.15) is 271 Å². The third-order valence-electron chi connectivity index (χ3n) is 12.7. The second kappa shape index (κ2) is 61.4. The summed E-state index contributed by atoms with van der Waals surface area (Å²) in [7, 11) is 0. The predicted molar refractivity (Wildman–Crippen MR) is 320 cm³/mol. The van der Waals surface area contributed by atoms with Gasteiger partial charge < -0.3 is 14.2 Å². The van der Waals surface area contributed by atoms with Gasteiger partial charge in [-0.1, -0.05) is 245 Å². The fraction of sp³-hybridized carbons (Fsp3) is 0.662. The van der Waals surface area contributed by atoms with Crippen LogP contribution in [0.3, 0.4) is 0 Å². The zero-order valence-corrected chi connectivity index (χ0v) is 48.1. The van der Waals surface area contributed by atoms with Crippen molar-refractivity contribution < 1.29 is 28.6 Å². The van der Waals surface area contributed by atoms with Crippen molar-refractivity contribution in [2.75, 3.05) is 13.2 Å². The van der Waals surface area contributed by atoms with Crippen LogP contribution in [0.4, 0.5) is 0 Å². The number of hydrogen-bond donors (Lipinski definition) is 0. The van der Waals surface area contributed by atoms with Gasteiger partial charge >= 0.3 is 17.9 Å². The number of unbranched alkanes of at least 4 members (excludes halogenated alkanes) is 23. The summed E-state index contributed by atoms with van der Waals surface area (Å²) < 4.78 is 16.8. The van der Waals surface area contributed by atoms with Gasteiger partial charge in [0.1, 0.15) is 13.2 Å². The number of rotatable bonds is 54. The highest BCUT2D eigenvalue weighted by Crippen LogP contribution is 2.15. The van der Waals surface area contributed by atoms with E-state index in [9.17, 15) is 14.4 Å². The molecule has 0 radical (unpaired) electrons. The molecule has 0 aliphatic carbocycles. The van der Waals surface area contributed by atoms with Crippen molar-refractivity contribution in [2.45, 2.75) is 277 Å². The van der Waals surface area contributed by atoms with Gasteiger partial charge in [0.25, 0.3) is 0 Å². The Balaban J connectivity index is 4.29. The molecule has 0 aromatic carbocycles. The number of carbonyl (C=O) groups is 3. The predicted octanol–water partition coefficient (Wildman–Crippen LogP) is 20.8. The monoisotopic (exact) mass is 1020 g/mol. The zero-order chi connectivity index (χ0) is 53.6. The van der Waals surface area contributed by atoms with Crippen molar-refractivity contribution in [1.29, 1.82) is 0 Å². The summed E-state index contributed by atoms with van der Waals surface area (Å²) in [5.41, 5.74) is 0. The largest absolute Gasteiger partial charge is 0.462 e. The van der Waals surface area contributed by atoms with E-state index < -0.39 is 6.10 Å². The summed E-state index contributed by atoms with van der Waals surface area (Å²) in [5.74, 6) is -0.937. The fourth-order valence-electron chi connectivity index (χ4n) is 8.16. The molecule has 0 heterocycles. The Kier molecular flexibility index (Phi) is 57.9. The van der Waals surface area contributed by atoms with Crippen molar-refractivity contribution in [3.05, 3.63) is 122 Å². The Bertz CT molecular complexity index is 1550. The van der Waals surface area contributed by atoms with Crippen LogP contribution in [0.2, 0.25) is 0 Å². The Hall–Kier alpha value is -4.19. The fourth-order valence-corrected chi connectivity index (χ4v) is 8.16. The van der Waals surface area contributed by atoms with Gasteiger partial charge in [-0.3, -0.25) is 14.4 Å². The van der Waals surface area contributed by atoms with E-state index in [0.717, 1.165) is 135 Å². The lowest BCUT2D eigenvalue weighted by Crippen LogP contribution is -2.30. The highest BCUT2D eigenvalue weighted by molar-refractivity contribution is 5.71. The first kappa shape index (κ1) is 69.8. The molecule has 0 saturated carbocycles. The van der Waals surface area contributed by atoms with Gasteiger partial charge in [-0.05, 0) is 128 Å². The van der Waals surface area contributed by atoms with E-state index in [4.69, 9.17) is 14.2 Å². The standard InChI is InChI=1S/C68H112O6/c1-4-7-10-13-16-19-22-25-27-28-29-30-31-32-33-34-35-36-37-38-39-40-41-44-46-49-52-55-58-61-67(70)73-64-65(63-72-66(69)60-57-54-51-48-45-42-24-21-18-15-12-9-6-3)74-68(71)62-59-56-53-50-47-43-26-23-20-17-14-11-8-5-2/h7,9-10,12,16,18-19,21,23,25-27,29-30,32-33,35-36,42,45,65H,4-6,8,11,13-15,17,20,22,24,28,31,34,37-41,43-44,46-64H2,1-3H3/b10-7-,12-9-,19-16-,21-18-,26-23-,27-25-,30-29-,33-32-,36-35-,45-42-. The first-order valence-corrected chi connectivity index (χ1v) is 30.5. The van der Waals surface area contributed by atoms with Gasteiger partial charge in [0.15, 0.2) is 6.10 Å². The van der Waals surface area contributed by atoms with Crippen LogP contribution in [0.15, 0.2) is 122 Å². The third-order valence-corrected chi connectivity index (χ3v) is 12.7. The first-order valence-electron chi connectivity index (χ1n) is 30.5. The molecule has 0 aromatic rings. The molecule has 0 aliphatic rings. The minimum atomic E-state index is -0.799. The van der Waals surface area contributed by atoms with Crippen molar-refractivity contribution in [1.82, 2.24) is 0 Å². The summed E-state index contributed by atoms with van der Waals surface area (Å²) in [6.45, 7) is 6.37. The molecule has 6 nitrogen and oxygen atoms in total. The number of allylic oxidation sites excluding steroid dienone is 20. The van der Waals surface area contributed by atoms with Crippen LogP contribution in [0.25, 0.3) is 0 Å². The lowest BCUT2D eigenvalue weighted by Gasteiger charge is -2.18. The van der Waals surface area contributed by atoms with E-state index >= 15 is 0 Å². The van der Waals surface area contributed by atoms with Crippen molar-refractivity contribution in [3.8, 4) is 0 Å². The van der Waals surface area contributed by atoms with Gasteiger partial charge in [0.2, 0.25) is 0 Å². The molecule has 0 saturated heterocycles. The molecule has 0 bridgehead atoms. The van der Waals surface area contributed by atoms with E-state index in [0.29, 0.717) is 19.3 Å². The molecule has 1 unspecified atom stereocenters. The van der Waals surface area contributed by atoms with Crippen LogP contribution >= 0.6 is 0 Å². The minimum Gasteiger partial charge on any atom is -0.462 e. The van der Waals surface area contributed by atoms with Gasteiger partial charge in [0, 0.05) is 19.3 Å². The second-order valence-corrected chi connectivity index (χ2v) is 19.8. The molecule has 0 aliphatic heterocycles. The molecular weight excluding hydrogens is 913 g/mol. The Morgan fingerprint density at radius 1 is 0.284 bits per heavy atom. The lowest BCUT2D eigenvalue weighted by atomic mass is 10.1. The SMILES string of the molecule is CC/C=C\C/C=C\C/C=C\C/C=C\C/C=C\C/C=C\CCCCCCCCCCCCC(=O)OCC(COC(=O)CCCCC/C=C\C/C=C\C/C=C\CC)OC(=O)CCCCCCC/C=C\CCCCCCC. The Morgan fingerprint density at radius 2 is 0.527 bits per heavy atom. The number of hydrogen-bond acceptors (Lipinski definition) is 6. The first-order chi connectivity index (χ1) is 36.5. The summed E-state index contributed by atoms with van der Waals surface area (Å²) in [5, 5.41) is 0. The lowest BCUT2D eigenvalue weighted by molar-refractivity contribution is -0.167. The summed E-state index contributed by atoms with van der Waals surface area (Å²) in [4.78, 5) is 38.2. The van der Waals surface area contributed by atoms with Crippen LogP contribution in [-0.4, -0.2) is 37.2 Å². The molecule has 0 amide bonds. The van der Waals surface area contributed by atoms with Gasteiger partial charge in [-0.2, -0.15) is 0 Å². The van der Waals surface area contributed by atoms with Gasteiger partial charge in [-0.15, -0.1) is 0 Å². The normalized spacial score (nSPS) is 13.0. The number of carbonyl (C=O) groups excluding carboxylic acids is 3. The molecule has 74 heavy (non-hydrogen) atoms. The maximum atomic E-state index is 12.8. The van der Waals surface area contributed by atoms with Crippen molar-refractivity contribution >= 4 is 17.9 Å². The third kappa shape index (κ3) is 58.7. The molecule has 6 heteroatoms. The Labute approximate surface area is 456 Å². The number of esters is 3. The van der Waals surface area contributed by atoms with E-state index in [-0.39, 0.29) is 31.1 Å². The van der Waals surface area contributed by atoms with Gasteiger partial charge in [0.05, 0.1) is 0 Å². The molecular formula is C68H112O6. The summed E-state index contributed by atoms with van der Waals surface area (Å²) >= 11 is 0.